The monoisotopic (exact) mass is 299 g/mol. The second kappa shape index (κ2) is 8.55. The Morgan fingerprint density at radius 3 is 2.65 bits per heavy atom. The minimum Gasteiger partial charge on any atom is -0.480 e. The fourth-order valence-electron chi connectivity index (χ4n) is 1.76. The van der Waals surface area contributed by atoms with E-state index in [9.17, 15) is 9.59 Å². The minimum absolute atomic E-state index is 0.218. The number of aliphatic carboxylic acids is 1. The molecule has 0 aliphatic heterocycles. The molecule has 1 rings (SSSR count). The van der Waals surface area contributed by atoms with Gasteiger partial charge in [0, 0.05) is 25.1 Å². The Bertz CT molecular complexity index is 464. The summed E-state index contributed by atoms with van der Waals surface area (Å²) in [5.74, 6) is -1.25. The number of amides is 1. The average Bonchev–Trinajstić information content (AvgIpc) is 2.41. The maximum Gasteiger partial charge on any atom is 0.323 e. The lowest BCUT2D eigenvalue weighted by Gasteiger charge is -2.20. The first-order chi connectivity index (χ1) is 9.54. The molecule has 0 saturated carbocycles. The van der Waals surface area contributed by atoms with Crippen LogP contribution in [0.15, 0.2) is 24.3 Å². The molecule has 6 heteroatoms. The molecule has 0 spiro atoms. The molecule has 0 unspecified atom stereocenters. The summed E-state index contributed by atoms with van der Waals surface area (Å²) in [4.78, 5) is 24.1. The van der Waals surface area contributed by atoms with Crippen molar-refractivity contribution in [2.75, 3.05) is 26.8 Å². The summed E-state index contributed by atoms with van der Waals surface area (Å²) in [6.45, 7) is 0.264. The fraction of sp³-hybridized carbons (Fsp3) is 0.429. The Morgan fingerprint density at radius 1 is 1.35 bits per heavy atom. The van der Waals surface area contributed by atoms with Gasteiger partial charge in [-0.15, -0.1) is 0 Å². The summed E-state index contributed by atoms with van der Waals surface area (Å²) in [5.41, 5.74) is 0.879. The molecule has 0 radical (unpaired) electrons. The van der Waals surface area contributed by atoms with Gasteiger partial charge >= 0.3 is 5.97 Å². The van der Waals surface area contributed by atoms with E-state index in [1.54, 1.807) is 6.07 Å². The van der Waals surface area contributed by atoms with E-state index in [2.05, 4.69) is 0 Å². The van der Waals surface area contributed by atoms with Gasteiger partial charge in [-0.1, -0.05) is 29.8 Å². The van der Waals surface area contributed by atoms with Crippen molar-refractivity contribution in [2.24, 2.45) is 0 Å². The first kappa shape index (κ1) is 16.5. The van der Waals surface area contributed by atoms with E-state index in [-0.39, 0.29) is 25.4 Å². The number of carboxylic acids is 1. The van der Waals surface area contributed by atoms with Gasteiger partial charge in [0.15, 0.2) is 0 Å². The van der Waals surface area contributed by atoms with Gasteiger partial charge in [0.1, 0.15) is 6.54 Å². The van der Waals surface area contributed by atoms with Gasteiger partial charge in [-0.25, -0.2) is 0 Å². The summed E-state index contributed by atoms with van der Waals surface area (Å²) < 4.78 is 4.88. The molecule has 1 aromatic carbocycles. The topological polar surface area (TPSA) is 66.8 Å². The lowest BCUT2D eigenvalue weighted by Crippen LogP contribution is -2.38. The minimum atomic E-state index is -1.04. The van der Waals surface area contributed by atoms with Gasteiger partial charge < -0.3 is 14.7 Å². The van der Waals surface area contributed by atoms with E-state index in [0.29, 0.717) is 18.1 Å². The molecule has 1 amide bonds. The van der Waals surface area contributed by atoms with Crippen LogP contribution in [0.25, 0.3) is 0 Å². The third-order valence-corrected chi connectivity index (χ3v) is 3.18. The van der Waals surface area contributed by atoms with Crippen molar-refractivity contribution in [2.45, 2.75) is 12.8 Å². The van der Waals surface area contributed by atoms with Gasteiger partial charge in [0.2, 0.25) is 5.91 Å². The van der Waals surface area contributed by atoms with E-state index in [0.717, 1.165) is 5.56 Å². The van der Waals surface area contributed by atoms with Gasteiger partial charge in [-0.3, -0.25) is 9.59 Å². The molecule has 0 heterocycles. The molecule has 5 nitrogen and oxygen atoms in total. The standard InChI is InChI=1S/C14H18ClNO4/c1-20-9-8-16(10-14(18)19)13(17)7-6-11-4-2-3-5-12(11)15/h2-5H,6-10H2,1H3,(H,18,19). The zero-order valence-corrected chi connectivity index (χ0v) is 12.1. The van der Waals surface area contributed by atoms with Crippen LogP contribution in [0.4, 0.5) is 0 Å². The largest absolute Gasteiger partial charge is 0.480 e. The normalized spacial score (nSPS) is 10.3. The van der Waals surface area contributed by atoms with Gasteiger partial charge in [-0.05, 0) is 18.1 Å². The number of aryl methyl sites for hydroxylation is 1. The molecule has 1 aromatic rings. The number of carbonyl (C=O) groups is 2. The SMILES string of the molecule is COCCN(CC(=O)O)C(=O)CCc1ccccc1Cl. The summed E-state index contributed by atoms with van der Waals surface area (Å²) in [6, 6.07) is 7.29. The third-order valence-electron chi connectivity index (χ3n) is 2.81. The smallest absolute Gasteiger partial charge is 0.323 e. The molecule has 0 aliphatic carbocycles. The summed E-state index contributed by atoms with van der Waals surface area (Å²) in [6.07, 6.45) is 0.711. The zero-order chi connectivity index (χ0) is 15.0. The molecule has 0 atom stereocenters. The highest BCUT2D eigenvalue weighted by atomic mass is 35.5. The number of rotatable bonds is 8. The summed E-state index contributed by atoms with van der Waals surface area (Å²) >= 11 is 6.02. The van der Waals surface area contributed by atoms with Crippen molar-refractivity contribution in [1.82, 2.24) is 4.90 Å². The lowest BCUT2D eigenvalue weighted by molar-refractivity contribution is -0.144. The van der Waals surface area contributed by atoms with Crippen molar-refractivity contribution in [3.8, 4) is 0 Å². The van der Waals surface area contributed by atoms with E-state index >= 15 is 0 Å². The lowest BCUT2D eigenvalue weighted by atomic mass is 10.1. The number of carboxylic acid groups (broad SMARTS) is 1. The molecule has 0 fully saturated rings. The highest BCUT2D eigenvalue weighted by Gasteiger charge is 2.16. The summed E-state index contributed by atoms with van der Waals surface area (Å²) in [7, 11) is 1.51. The number of methoxy groups -OCH3 is 1. The van der Waals surface area contributed by atoms with Crippen LogP contribution in [-0.4, -0.2) is 48.7 Å². The molecule has 110 valence electrons. The Balaban J connectivity index is 2.57. The highest BCUT2D eigenvalue weighted by molar-refractivity contribution is 6.31. The number of ether oxygens (including phenoxy) is 1. The number of nitrogens with zero attached hydrogens (tertiary/aromatic N) is 1. The van der Waals surface area contributed by atoms with Crippen LogP contribution >= 0.6 is 11.6 Å². The van der Waals surface area contributed by atoms with Crippen LogP contribution in [0.2, 0.25) is 5.02 Å². The second-order valence-electron chi connectivity index (χ2n) is 4.29. The van der Waals surface area contributed by atoms with Crippen LogP contribution in [0, 0.1) is 0 Å². The highest BCUT2D eigenvalue weighted by Crippen LogP contribution is 2.16. The molecule has 0 saturated heterocycles. The molecule has 0 aliphatic rings. The number of benzene rings is 1. The number of carbonyl (C=O) groups excluding carboxylic acids is 1. The molecular formula is C14H18ClNO4. The van der Waals surface area contributed by atoms with E-state index in [1.807, 2.05) is 18.2 Å². The van der Waals surface area contributed by atoms with Crippen molar-refractivity contribution in [3.63, 3.8) is 0 Å². The van der Waals surface area contributed by atoms with Crippen LogP contribution in [-0.2, 0) is 20.7 Å². The predicted octanol–water partition coefficient (Wildman–Crippen LogP) is 1.83. The van der Waals surface area contributed by atoms with E-state index in [1.165, 1.54) is 12.0 Å². The van der Waals surface area contributed by atoms with Gasteiger partial charge in [0.05, 0.1) is 6.61 Å². The number of hydrogen-bond donors (Lipinski definition) is 1. The molecule has 1 N–H and O–H groups in total. The zero-order valence-electron chi connectivity index (χ0n) is 11.3. The summed E-state index contributed by atoms with van der Waals surface area (Å²) in [5, 5.41) is 9.42. The molecule has 20 heavy (non-hydrogen) atoms. The van der Waals surface area contributed by atoms with Crippen LogP contribution in [0.1, 0.15) is 12.0 Å². The molecule has 0 bridgehead atoms. The molecular weight excluding hydrogens is 282 g/mol. The Hall–Kier alpha value is -1.59. The van der Waals surface area contributed by atoms with Crippen molar-refractivity contribution in [3.05, 3.63) is 34.9 Å². The Kier molecular flexibility index (Phi) is 7.04. The van der Waals surface area contributed by atoms with Gasteiger partial charge in [-0.2, -0.15) is 0 Å². The van der Waals surface area contributed by atoms with E-state index < -0.39 is 5.97 Å². The first-order valence-electron chi connectivity index (χ1n) is 6.26. The maximum absolute atomic E-state index is 12.0. The Labute approximate surface area is 123 Å². The maximum atomic E-state index is 12.0. The van der Waals surface area contributed by atoms with Crippen LogP contribution < -0.4 is 0 Å². The van der Waals surface area contributed by atoms with Crippen LogP contribution in [0.5, 0.6) is 0 Å². The van der Waals surface area contributed by atoms with Crippen molar-refractivity contribution < 1.29 is 19.4 Å². The number of hydrogen-bond acceptors (Lipinski definition) is 3. The van der Waals surface area contributed by atoms with Gasteiger partial charge in [0.25, 0.3) is 0 Å². The number of halogens is 1. The average molecular weight is 300 g/mol. The molecule has 0 aromatic heterocycles. The quantitative estimate of drug-likeness (QED) is 0.795. The van der Waals surface area contributed by atoms with Crippen molar-refractivity contribution >= 4 is 23.5 Å². The van der Waals surface area contributed by atoms with Crippen molar-refractivity contribution in [1.29, 1.82) is 0 Å². The first-order valence-corrected chi connectivity index (χ1v) is 6.64. The third kappa shape index (κ3) is 5.59. The fourth-order valence-corrected chi connectivity index (χ4v) is 1.99. The second-order valence-corrected chi connectivity index (χ2v) is 4.70. The predicted molar refractivity (Wildman–Crippen MR) is 75.9 cm³/mol. The van der Waals surface area contributed by atoms with E-state index in [4.69, 9.17) is 21.4 Å². The van der Waals surface area contributed by atoms with Crippen LogP contribution in [0.3, 0.4) is 0 Å². The Morgan fingerprint density at radius 2 is 2.05 bits per heavy atom.